The van der Waals surface area contributed by atoms with E-state index >= 15 is 0 Å². The van der Waals surface area contributed by atoms with Crippen LogP contribution in [0.2, 0.25) is 10.0 Å². The van der Waals surface area contributed by atoms with Gasteiger partial charge < -0.3 is 10.1 Å². The average molecular weight is 380 g/mol. The predicted molar refractivity (Wildman–Crippen MR) is 99.3 cm³/mol. The zero-order valence-corrected chi connectivity index (χ0v) is 15.2. The summed E-state index contributed by atoms with van der Waals surface area (Å²) in [6.45, 7) is 4.73. The Labute approximate surface area is 156 Å². The van der Waals surface area contributed by atoms with Gasteiger partial charge in [0.2, 0.25) is 0 Å². The average Bonchev–Trinajstić information content (AvgIpc) is 2.65. The van der Waals surface area contributed by atoms with Crippen molar-refractivity contribution >= 4 is 29.1 Å². The maximum atomic E-state index is 12.3. The fourth-order valence-corrected chi connectivity index (χ4v) is 2.95. The van der Waals surface area contributed by atoms with E-state index in [0.717, 1.165) is 44.0 Å². The molecule has 1 fully saturated rings. The zero-order valence-electron chi connectivity index (χ0n) is 13.7. The maximum Gasteiger partial charge on any atom is 0.252 e. The van der Waals surface area contributed by atoms with E-state index in [1.165, 1.54) is 0 Å². The van der Waals surface area contributed by atoms with Gasteiger partial charge >= 0.3 is 0 Å². The van der Waals surface area contributed by atoms with Crippen molar-refractivity contribution in [3.05, 3.63) is 52.3 Å². The number of pyridine rings is 1. The van der Waals surface area contributed by atoms with Crippen molar-refractivity contribution in [1.82, 2.24) is 15.2 Å². The summed E-state index contributed by atoms with van der Waals surface area (Å²) < 4.78 is 5.31. The number of morpholine rings is 1. The van der Waals surface area contributed by atoms with Gasteiger partial charge in [-0.05, 0) is 23.8 Å². The van der Waals surface area contributed by atoms with Gasteiger partial charge in [-0.2, -0.15) is 0 Å². The van der Waals surface area contributed by atoms with Crippen LogP contribution in [0.4, 0.5) is 0 Å². The molecule has 0 atom stereocenters. The lowest BCUT2D eigenvalue weighted by atomic mass is 10.1. The van der Waals surface area contributed by atoms with Crippen molar-refractivity contribution in [2.24, 2.45) is 0 Å². The first kappa shape index (κ1) is 18.1. The molecule has 0 saturated carbocycles. The van der Waals surface area contributed by atoms with Crippen LogP contribution in [0.1, 0.15) is 10.4 Å². The van der Waals surface area contributed by atoms with Crippen LogP contribution in [0.15, 0.2) is 36.7 Å². The molecule has 1 aromatic heterocycles. The van der Waals surface area contributed by atoms with Crippen molar-refractivity contribution in [2.45, 2.75) is 0 Å². The van der Waals surface area contributed by atoms with Gasteiger partial charge in [0, 0.05) is 44.1 Å². The summed E-state index contributed by atoms with van der Waals surface area (Å²) in [7, 11) is 0. The molecule has 1 amide bonds. The van der Waals surface area contributed by atoms with Crippen LogP contribution in [0, 0.1) is 0 Å². The van der Waals surface area contributed by atoms with Crippen molar-refractivity contribution in [3.63, 3.8) is 0 Å². The van der Waals surface area contributed by atoms with E-state index in [2.05, 4.69) is 15.2 Å². The Morgan fingerprint density at radius 3 is 2.68 bits per heavy atom. The lowest BCUT2D eigenvalue weighted by molar-refractivity contribution is 0.0383. The Bertz CT molecular complexity index is 749. The van der Waals surface area contributed by atoms with E-state index in [0.29, 0.717) is 22.2 Å². The Hall–Kier alpha value is -1.66. The summed E-state index contributed by atoms with van der Waals surface area (Å²) in [6, 6.07) is 7.15. The number of rotatable bonds is 5. The van der Waals surface area contributed by atoms with E-state index in [9.17, 15) is 4.79 Å². The third kappa shape index (κ3) is 4.92. The van der Waals surface area contributed by atoms with Gasteiger partial charge in [0.15, 0.2) is 0 Å². The normalized spacial score (nSPS) is 15.1. The third-order valence-electron chi connectivity index (χ3n) is 4.07. The molecule has 1 N–H and O–H groups in total. The van der Waals surface area contributed by atoms with E-state index in [1.807, 2.05) is 6.07 Å². The molecule has 2 heterocycles. The molecule has 3 rings (SSSR count). The van der Waals surface area contributed by atoms with E-state index < -0.39 is 0 Å². The second kappa shape index (κ2) is 8.63. The molecule has 2 aromatic rings. The molecule has 25 heavy (non-hydrogen) atoms. The minimum Gasteiger partial charge on any atom is -0.379 e. The summed E-state index contributed by atoms with van der Waals surface area (Å²) in [4.78, 5) is 18.8. The molecule has 0 unspecified atom stereocenters. The lowest BCUT2D eigenvalue weighted by Crippen LogP contribution is -2.41. The molecule has 1 aromatic carbocycles. The topological polar surface area (TPSA) is 54.5 Å². The van der Waals surface area contributed by atoms with Crippen LogP contribution < -0.4 is 5.32 Å². The summed E-state index contributed by atoms with van der Waals surface area (Å²) >= 11 is 12.0. The van der Waals surface area contributed by atoms with E-state index in [1.54, 1.807) is 30.6 Å². The number of amides is 1. The monoisotopic (exact) mass is 379 g/mol. The van der Waals surface area contributed by atoms with Crippen LogP contribution in [0.3, 0.4) is 0 Å². The molecule has 1 saturated heterocycles. The second-order valence-electron chi connectivity index (χ2n) is 5.80. The number of nitrogens with zero attached hydrogens (tertiary/aromatic N) is 2. The van der Waals surface area contributed by atoms with Gasteiger partial charge in [-0.3, -0.25) is 14.7 Å². The van der Waals surface area contributed by atoms with Gasteiger partial charge in [0.25, 0.3) is 5.91 Å². The molecule has 7 heteroatoms. The number of benzene rings is 1. The SMILES string of the molecule is O=C(NCCN1CCOCC1)c1cncc(-c2ccc(Cl)c(Cl)c2)c1. The van der Waals surface area contributed by atoms with Gasteiger partial charge in [-0.25, -0.2) is 0 Å². The van der Waals surface area contributed by atoms with Crippen LogP contribution in [0.25, 0.3) is 11.1 Å². The Morgan fingerprint density at radius 1 is 1.12 bits per heavy atom. The van der Waals surface area contributed by atoms with E-state index in [-0.39, 0.29) is 5.91 Å². The number of ether oxygens (including phenoxy) is 1. The molecule has 5 nitrogen and oxygen atoms in total. The Morgan fingerprint density at radius 2 is 1.92 bits per heavy atom. The lowest BCUT2D eigenvalue weighted by Gasteiger charge is -2.26. The third-order valence-corrected chi connectivity index (χ3v) is 4.81. The zero-order chi connectivity index (χ0) is 17.6. The van der Waals surface area contributed by atoms with Gasteiger partial charge in [-0.15, -0.1) is 0 Å². The molecule has 0 spiro atoms. The second-order valence-corrected chi connectivity index (χ2v) is 6.62. The Balaban J connectivity index is 1.62. The number of nitrogens with one attached hydrogen (secondary N) is 1. The van der Waals surface area contributed by atoms with Gasteiger partial charge in [0.05, 0.1) is 28.8 Å². The molecule has 0 radical (unpaired) electrons. The number of hydrogen-bond acceptors (Lipinski definition) is 4. The number of aromatic nitrogens is 1. The highest BCUT2D eigenvalue weighted by molar-refractivity contribution is 6.42. The van der Waals surface area contributed by atoms with Crippen molar-refractivity contribution in [3.8, 4) is 11.1 Å². The van der Waals surface area contributed by atoms with Crippen LogP contribution in [0.5, 0.6) is 0 Å². The van der Waals surface area contributed by atoms with Crippen molar-refractivity contribution in [2.75, 3.05) is 39.4 Å². The molecule has 0 bridgehead atoms. The number of carbonyl (C=O) groups is 1. The predicted octanol–water partition coefficient (Wildman–Crippen LogP) is 3.12. The first-order valence-corrected chi connectivity index (χ1v) is 8.88. The maximum absolute atomic E-state index is 12.3. The molecule has 1 aliphatic rings. The molecule has 132 valence electrons. The van der Waals surface area contributed by atoms with Crippen LogP contribution in [-0.2, 0) is 4.74 Å². The summed E-state index contributed by atoms with van der Waals surface area (Å²) in [5, 5.41) is 3.90. The fourth-order valence-electron chi connectivity index (χ4n) is 2.65. The molecule has 1 aliphatic heterocycles. The first-order chi connectivity index (χ1) is 12.1. The van der Waals surface area contributed by atoms with Crippen LogP contribution in [-0.4, -0.2) is 55.2 Å². The molecular formula is C18H19Cl2N3O2. The number of carbonyl (C=O) groups excluding carboxylic acids is 1. The summed E-state index contributed by atoms with van der Waals surface area (Å²) in [5.74, 6) is -0.136. The summed E-state index contributed by atoms with van der Waals surface area (Å²) in [5.41, 5.74) is 2.20. The largest absolute Gasteiger partial charge is 0.379 e. The van der Waals surface area contributed by atoms with Crippen molar-refractivity contribution in [1.29, 1.82) is 0 Å². The van der Waals surface area contributed by atoms with Gasteiger partial charge in [0.1, 0.15) is 0 Å². The van der Waals surface area contributed by atoms with E-state index in [4.69, 9.17) is 27.9 Å². The number of halogens is 2. The first-order valence-electron chi connectivity index (χ1n) is 8.12. The quantitative estimate of drug-likeness (QED) is 0.866. The molecular weight excluding hydrogens is 361 g/mol. The van der Waals surface area contributed by atoms with Crippen molar-refractivity contribution < 1.29 is 9.53 Å². The minimum atomic E-state index is -0.136. The summed E-state index contributed by atoms with van der Waals surface area (Å²) in [6.07, 6.45) is 3.26. The van der Waals surface area contributed by atoms with Gasteiger partial charge in [-0.1, -0.05) is 29.3 Å². The highest BCUT2D eigenvalue weighted by Gasteiger charge is 2.12. The number of hydrogen-bond donors (Lipinski definition) is 1. The Kier molecular flexibility index (Phi) is 6.26. The van der Waals surface area contributed by atoms with Crippen LogP contribution >= 0.6 is 23.2 Å². The smallest absolute Gasteiger partial charge is 0.252 e. The highest BCUT2D eigenvalue weighted by atomic mass is 35.5. The highest BCUT2D eigenvalue weighted by Crippen LogP contribution is 2.28. The standard InChI is InChI=1S/C18H19Cl2N3O2/c19-16-2-1-13(10-17(16)20)14-9-15(12-21-11-14)18(24)22-3-4-23-5-7-25-8-6-23/h1-2,9-12H,3-8H2,(H,22,24). The fraction of sp³-hybridized carbons (Fsp3) is 0.333. The minimum absolute atomic E-state index is 0.136. The molecule has 0 aliphatic carbocycles.